The van der Waals surface area contributed by atoms with E-state index in [1.165, 1.54) is 18.2 Å². The molecule has 0 aliphatic carbocycles. The van der Waals surface area contributed by atoms with Crippen molar-refractivity contribution in [3.05, 3.63) is 40.9 Å². The maximum Gasteiger partial charge on any atom is 0.273 e. The topological polar surface area (TPSA) is 59.2 Å². The van der Waals surface area contributed by atoms with Crippen LogP contribution >= 0.6 is 23.7 Å². The van der Waals surface area contributed by atoms with Gasteiger partial charge in [0.05, 0.1) is 5.56 Å². The minimum Gasteiger partial charge on any atom is -0.337 e. The number of halogens is 3. The van der Waals surface area contributed by atoms with Gasteiger partial charge in [-0.15, -0.1) is 23.7 Å². The van der Waals surface area contributed by atoms with Crippen LogP contribution in [0, 0.1) is 17.0 Å². The number of hydrogen-bond donors (Lipinski definition) is 1. The Balaban J connectivity index is 0.00000208. The van der Waals surface area contributed by atoms with Gasteiger partial charge in [0.2, 0.25) is 0 Å². The van der Waals surface area contributed by atoms with Crippen molar-refractivity contribution in [3.63, 3.8) is 0 Å². The van der Waals surface area contributed by atoms with E-state index in [9.17, 15) is 13.6 Å². The number of benzene rings is 1. The molecule has 8 heteroatoms. The van der Waals surface area contributed by atoms with Crippen LogP contribution in [0.3, 0.4) is 0 Å². The summed E-state index contributed by atoms with van der Waals surface area (Å²) < 4.78 is 27.6. The summed E-state index contributed by atoms with van der Waals surface area (Å²) in [6.07, 6.45) is 0.841. The molecule has 1 aliphatic rings. The Morgan fingerprint density at radius 2 is 2.08 bits per heavy atom. The fourth-order valence-corrected chi connectivity index (χ4v) is 3.56. The lowest BCUT2D eigenvalue weighted by atomic mass is 9.90. The molecule has 1 aromatic carbocycles. The summed E-state index contributed by atoms with van der Waals surface area (Å²) >= 11 is 1.06. The van der Waals surface area contributed by atoms with Crippen molar-refractivity contribution in [3.8, 4) is 10.6 Å². The molecule has 1 fully saturated rings. The molecule has 2 N–H and O–H groups in total. The number of carbonyl (C=O) groups excluding carboxylic acids is 1. The van der Waals surface area contributed by atoms with Crippen LogP contribution in [0.4, 0.5) is 8.78 Å². The van der Waals surface area contributed by atoms with Gasteiger partial charge in [0.25, 0.3) is 5.91 Å². The highest BCUT2D eigenvalue weighted by Crippen LogP contribution is 2.32. The molecule has 2 heterocycles. The minimum atomic E-state index is -0.685. The standard InChI is InChI=1S/C16H17F2N3OS.ClH/c1-16(8-19)5-6-21(9-16)15(22)12-7-23-14(20-12)13-10(17)3-2-4-11(13)18;/h2-4,7H,5-6,8-9,19H2,1H3;1H. The first kappa shape index (κ1) is 18.8. The minimum absolute atomic E-state index is 0. The highest BCUT2D eigenvalue weighted by Gasteiger charge is 2.35. The van der Waals surface area contributed by atoms with E-state index in [2.05, 4.69) is 4.98 Å². The molecule has 1 unspecified atom stereocenters. The van der Waals surface area contributed by atoms with Crippen molar-refractivity contribution in [2.45, 2.75) is 13.3 Å². The van der Waals surface area contributed by atoms with Crippen molar-refractivity contribution in [2.24, 2.45) is 11.1 Å². The van der Waals surface area contributed by atoms with Gasteiger partial charge >= 0.3 is 0 Å². The molecule has 24 heavy (non-hydrogen) atoms. The highest BCUT2D eigenvalue weighted by atomic mass is 35.5. The van der Waals surface area contributed by atoms with Crippen molar-refractivity contribution in [1.82, 2.24) is 9.88 Å². The number of hydrogen-bond acceptors (Lipinski definition) is 4. The molecule has 1 amide bonds. The summed E-state index contributed by atoms with van der Waals surface area (Å²) in [4.78, 5) is 18.3. The fourth-order valence-electron chi connectivity index (χ4n) is 2.71. The van der Waals surface area contributed by atoms with Crippen LogP contribution in [0.1, 0.15) is 23.8 Å². The van der Waals surface area contributed by atoms with E-state index in [4.69, 9.17) is 5.73 Å². The van der Waals surface area contributed by atoms with Gasteiger partial charge in [0, 0.05) is 18.5 Å². The number of nitrogens with zero attached hydrogens (tertiary/aromatic N) is 2. The molecular formula is C16H18ClF2N3OS. The van der Waals surface area contributed by atoms with Gasteiger partial charge < -0.3 is 10.6 Å². The Morgan fingerprint density at radius 1 is 1.42 bits per heavy atom. The van der Waals surface area contributed by atoms with Gasteiger partial charge in [-0.1, -0.05) is 13.0 Å². The average Bonchev–Trinajstić information content (AvgIpc) is 3.14. The Kier molecular flexibility index (Phi) is 5.57. The van der Waals surface area contributed by atoms with Gasteiger partial charge in [0.15, 0.2) is 0 Å². The average molecular weight is 374 g/mol. The number of amides is 1. The second kappa shape index (κ2) is 7.13. The van der Waals surface area contributed by atoms with E-state index < -0.39 is 11.6 Å². The lowest BCUT2D eigenvalue weighted by Gasteiger charge is -2.22. The molecule has 4 nitrogen and oxygen atoms in total. The first-order chi connectivity index (χ1) is 10.9. The van der Waals surface area contributed by atoms with E-state index in [0.717, 1.165) is 17.8 Å². The zero-order valence-electron chi connectivity index (χ0n) is 13.1. The summed E-state index contributed by atoms with van der Waals surface area (Å²) in [5, 5.41) is 1.71. The predicted octanol–water partition coefficient (Wildman–Crippen LogP) is 3.32. The van der Waals surface area contributed by atoms with E-state index >= 15 is 0 Å². The molecule has 1 aliphatic heterocycles. The van der Waals surface area contributed by atoms with E-state index in [1.54, 1.807) is 10.3 Å². The summed E-state index contributed by atoms with van der Waals surface area (Å²) in [6.45, 7) is 3.75. The van der Waals surface area contributed by atoms with Gasteiger partial charge in [-0.25, -0.2) is 13.8 Å². The van der Waals surface area contributed by atoms with E-state index in [1.807, 2.05) is 6.92 Å². The molecular weight excluding hydrogens is 356 g/mol. The van der Waals surface area contributed by atoms with Gasteiger partial charge in [0.1, 0.15) is 22.3 Å². The molecule has 1 saturated heterocycles. The van der Waals surface area contributed by atoms with Crippen LogP contribution in [0.5, 0.6) is 0 Å². The van der Waals surface area contributed by atoms with E-state index in [0.29, 0.717) is 19.6 Å². The molecule has 0 bridgehead atoms. The van der Waals surface area contributed by atoms with Crippen molar-refractivity contribution in [2.75, 3.05) is 19.6 Å². The maximum absolute atomic E-state index is 13.8. The first-order valence-corrected chi connectivity index (χ1v) is 8.21. The Labute approximate surface area is 149 Å². The lowest BCUT2D eigenvalue weighted by Crippen LogP contribution is -2.34. The van der Waals surface area contributed by atoms with Gasteiger partial charge in [-0.3, -0.25) is 4.79 Å². The first-order valence-electron chi connectivity index (χ1n) is 7.33. The Morgan fingerprint density at radius 3 is 2.67 bits per heavy atom. The number of rotatable bonds is 3. The molecule has 1 aromatic heterocycles. The number of carbonyl (C=O) groups is 1. The number of nitrogens with two attached hydrogens (primary N) is 1. The third-order valence-electron chi connectivity index (χ3n) is 4.24. The van der Waals surface area contributed by atoms with Crippen LogP contribution in [0.15, 0.2) is 23.6 Å². The zero-order chi connectivity index (χ0) is 16.6. The molecule has 3 rings (SSSR count). The molecule has 1 atom stereocenters. The second-order valence-corrected chi connectivity index (χ2v) is 6.98. The number of likely N-dealkylation sites (tertiary alicyclic amines) is 1. The molecule has 130 valence electrons. The van der Waals surface area contributed by atoms with Crippen LogP contribution in [0.2, 0.25) is 0 Å². The third-order valence-corrected chi connectivity index (χ3v) is 5.10. The van der Waals surface area contributed by atoms with Crippen LogP contribution in [-0.2, 0) is 0 Å². The predicted molar refractivity (Wildman–Crippen MR) is 92.4 cm³/mol. The SMILES string of the molecule is CC1(CN)CCN(C(=O)c2csc(-c3c(F)cccc3F)n2)C1.Cl. The van der Waals surface area contributed by atoms with Crippen molar-refractivity contribution in [1.29, 1.82) is 0 Å². The molecule has 2 aromatic rings. The second-order valence-electron chi connectivity index (χ2n) is 6.13. The maximum atomic E-state index is 13.8. The fraction of sp³-hybridized carbons (Fsp3) is 0.375. The molecule has 0 saturated carbocycles. The summed E-state index contributed by atoms with van der Waals surface area (Å²) in [7, 11) is 0. The van der Waals surface area contributed by atoms with Gasteiger partial charge in [-0.2, -0.15) is 0 Å². The monoisotopic (exact) mass is 373 g/mol. The quantitative estimate of drug-likeness (QED) is 0.897. The number of aromatic nitrogens is 1. The Hall–Kier alpha value is -1.57. The largest absolute Gasteiger partial charge is 0.337 e. The molecule has 0 radical (unpaired) electrons. The summed E-state index contributed by atoms with van der Waals surface area (Å²) in [5.74, 6) is -1.59. The highest BCUT2D eigenvalue weighted by molar-refractivity contribution is 7.13. The van der Waals surface area contributed by atoms with Crippen LogP contribution in [-0.4, -0.2) is 35.4 Å². The normalized spacial score (nSPS) is 20.1. The van der Waals surface area contributed by atoms with Crippen molar-refractivity contribution < 1.29 is 13.6 Å². The molecule has 0 spiro atoms. The van der Waals surface area contributed by atoms with Crippen LogP contribution < -0.4 is 5.73 Å². The smallest absolute Gasteiger partial charge is 0.273 e. The lowest BCUT2D eigenvalue weighted by molar-refractivity contribution is 0.0772. The summed E-state index contributed by atoms with van der Waals surface area (Å²) in [5.41, 5.74) is 5.70. The van der Waals surface area contributed by atoms with E-state index in [-0.39, 0.29) is 40.0 Å². The van der Waals surface area contributed by atoms with Crippen molar-refractivity contribution >= 4 is 29.7 Å². The van der Waals surface area contributed by atoms with Gasteiger partial charge in [-0.05, 0) is 30.5 Å². The number of thiazole rings is 1. The Bertz CT molecular complexity index is 734. The summed E-state index contributed by atoms with van der Waals surface area (Å²) in [6, 6.07) is 3.65. The van der Waals surface area contributed by atoms with Crippen LogP contribution in [0.25, 0.3) is 10.6 Å². The third kappa shape index (κ3) is 3.43. The zero-order valence-corrected chi connectivity index (χ0v) is 14.7.